The van der Waals surface area contributed by atoms with Crippen LogP contribution in [0.3, 0.4) is 0 Å². The third kappa shape index (κ3) is 4.52. The lowest BCUT2D eigenvalue weighted by molar-refractivity contribution is 0.201. The van der Waals surface area contributed by atoms with Gasteiger partial charge in [-0.3, -0.25) is 4.90 Å². The van der Waals surface area contributed by atoms with Gasteiger partial charge in [-0.05, 0) is 68.9 Å². The molecule has 96 valence electrons. The Balaban J connectivity index is 0.00000144. The molecular formula is C12H17Br2ClN2. The van der Waals surface area contributed by atoms with Gasteiger partial charge in [0.25, 0.3) is 0 Å². The summed E-state index contributed by atoms with van der Waals surface area (Å²) in [5.74, 6) is 0. The second-order valence-electron chi connectivity index (χ2n) is 4.39. The van der Waals surface area contributed by atoms with Crippen molar-refractivity contribution >= 4 is 44.3 Å². The Morgan fingerprint density at radius 3 is 2.71 bits per heavy atom. The Kier molecular flexibility index (Phi) is 6.45. The Labute approximate surface area is 126 Å². The maximum Gasteiger partial charge on any atom is 0.0320 e. The van der Waals surface area contributed by atoms with Gasteiger partial charge in [0.1, 0.15) is 0 Å². The van der Waals surface area contributed by atoms with E-state index >= 15 is 0 Å². The van der Waals surface area contributed by atoms with Crippen LogP contribution >= 0.6 is 44.3 Å². The van der Waals surface area contributed by atoms with Gasteiger partial charge in [0, 0.05) is 28.1 Å². The van der Waals surface area contributed by atoms with Gasteiger partial charge in [0.2, 0.25) is 0 Å². The molecule has 1 atom stereocenters. The predicted molar refractivity (Wildman–Crippen MR) is 81.6 cm³/mol. The van der Waals surface area contributed by atoms with Crippen LogP contribution in [0.5, 0.6) is 0 Å². The Bertz CT molecular complexity index is 374. The van der Waals surface area contributed by atoms with Crippen LogP contribution in [0.1, 0.15) is 18.4 Å². The van der Waals surface area contributed by atoms with E-state index in [1.54, 1.807) is 0 Å². The van der Waals surface area contributed by atoms with Crippen molar-refractivity contribution in [3.8, 4) is 0 Å². The molecule has 1 fully saturated rings. The first-order valence-electron chi connectivity index (χ1n) is 5.57. The second-order valence-corrected chi connectivity index (χ2v) is 6.09. The van der Waals surface area contributed by atoms with Crippen molar-refractivity contribution in [3.63, 3.8) is 0 Å². The molecule has 1 aromatic rings. The molecule has 1 aliphatic rings. The first-order valence-corrected chi connectivity index (χ1v) is 7.15. The van der Waals surface area contributed by atoms with E-state index in [9.17, 15) is 0 Å². The minimum Gasteiger partial charge on any atom is -0.327 e. The molecule has 1 heterocycles. The molecule has 2 N–H and O–H groups in total. The van der Waals surface area contributed by atoms with Crippen LogP contribution < -0.4 is 5.73 Å². The molecule has 0 bridgehead atoms. The normalized spacial score (nSPS) is 21.0. The predicted octanol–water partition coefficient (Wildman–Crippen LogP) is 3.56. The summed E-state index contributed by atoms with van der Waals surface area (Å²) in [6.45, 7) is 3.19. The van der Waals surface area contributed by atoms with Crippen molar-refractivity contribution in [2.24, 2.45) is 5.73 Å². The maximum absolute atomic E-state index is 5.97. The van der Waals surface area contributed by atoms with Crippen molar-refractivity contribution in [1.82, 2.24) is 4.90 Å². The van der Waals surface area contributed by atoms with E-state index in [1.807, 2.05) is 0 Å². The van der Waals surface area contributed by atoms with Gasteiger partial charge in [0.05, 0.1) is 0 Å². The largest absolute Gasteiger partial charge is 0.327 e. The molecule has 2 rings (SSSR count). The van der Waals surface area contributed by atoms with Gasteiger partial charge in [-0.2, -0.15) is 0 Å². The fraction of sp³-hybridized carbons (Fsp3) is 0.500. The summed E-state index contributed by atoms with van der Waals surface area (Å²) in [5.41, 5.74) is 7.31. The molecule has 0 radical (unpaired) electrons. The van der Waals surface area contributed by atoms with Gasteiger partial charge in [-0.15, -0.1) is 12.4 Å². The average molecular weight is 385 g/mol. The first kappa shape index (κ1) is 15.4. The van der Waals surface area contributed by atoms with Gasteiger partial charge in [-0.1, -0.05) is 6.07 Å². The van der Waals surface area contributed by atoms with E-state index in [0.29, 0.717) is 6.04 Å². The highest BCUT2D eigenvalue weighted by atomic mass is 79.9. The lowest BCUT2D eigenvalue weighted by Crippen LogP contribution is -2.42. The molecular weight excluding hydrogens is 367 g/mol. The quantitative estimate of drug-likeness (QED) is 0.845. The zero-order valence-electron chi connectivity index (χ0n) is 9.53. The minimum absolute atomic E-state index is 0. The molecule has 2 nitrogen and oxygen atoms in total. The van der Waals surface area contributed by atoms with Crippen molar-refractivity contribution < 1.29 is 0 Å². The number of nitrogens with two attached hydrogens (primary N) is 1. The smallest absolute Gasteiger partial charge is 0.0320 e. The van der Waals surface area contributed by atoms with Gasteiger partial charge < -0.3 is 5.73 Å². The van der Waals surface area contributed by atoms with Crippen molar-refractivity contribution in [1.29, 1.82) is 0 Å². The van der Waals surface area contributed by atoms with Crippen molar-refractivity contribution in [2.75, 3.05) is 13.1 Å². The van der Waals surface area contributed by atoms with Crippen LogP contribution in [0, 0.1) is 0 Å². The number of halogens is 3. The van der Waals surface area contributed by atoms with Crippen LogP contribution in [0.25, 0.3) is 0 Å². The summed E-state index contributed by atoms with van der Waals surface area (Å²) in [6.07, 6.45) is 2.39. The van der Waals surface area contributed by atoms with Crippen LogP contribution in [0.15, 0.2) is 27.1 Å². The standard InChI is InChI=1S/C12H16Br2N2.ClH/c13-11-4-3-9(6-12(11)14)7-16-5-1-2-10(15)8-16;/h3-4,6,10H,1-2,5,7-8,15H2;1H. The number of piperidine rings is 1. The first-order chi connectivity index (χ1) is 7.65. The molecule has 17 heavy (non-hydrogen) atoms. The molecule has 0 amide bonds. The molecule has 5 heteroatoms. The summed E-state index contributed by atoms with van der Waals surface area (Å²) >= 11 is 7.02. The number of hydrogen-bond acceptors (Lipinski definition) is 2. The highest BCUT2D eigenvalue weighted by Crippen LogP contribution is 2.24. The van der Waals surface area contributed by atoms with E-state index in [-0.39, 0.29) is 12.4 Å². The van der Waals surface area contributed by atoms with Gasteiger partial charge in [0.15, 0.2) is 0 Å². The lowest BCUT2D eigenvalue weighted by atomic mass is 10.1. The zero-order chi connectivity index (χ0) is 11.5. The third-order valence-corrected chi connectivity index (χ3v) is 4.81. The van der Waals surface area contributed by atoms with E-state index in [2.05, 4.69) is 55.0 Å². The Morgan fingerprint density at radius 2 is 2.06 bits per heavy atom. The highest BCUT2D eigenvalue weighted by Gasteiger charge is 2.16. The van der Waals surface area contributed by atoms with Crippen LogP contribution in [-0.4, -0.2) is 24.0 Å². The molecule has 0 spiro atoms. The van der Waals surface area contributed by atoms with Crippen molar-refractivity contribution in [2.45, 2.75) is 25.4 Å². The number of rotatable bonds is 2. The average Bonchev–Trinajstić information content (AvgIpc) is 2.24. The number of hydrogen-bond donors (Lipinski definition) is 1. The monoisotopic (exact) mass is 382 g/mol. The van der Waals surface area contributed by atoms with E-state index in [0.717, 1.165) is 22.0 Å². The van der Waals surface area contributed by atoms with E-state index in [4.69, 9.17) is 5.73 Å². The fourth-order valence-corrected chi connectivity index (χ4v) is 2.80. The van der Waals surface area contributed by atoms with Gasteiger partial charge >= 0.3 is 0 Å². The minimum atomic E-state index is 0. The van der Waals surface area contributed by atoms with Crippen molar-refractivity contribution in [3.05, 3.63) is 32.7 Å². The molecule has 0 aliphatic carbocycles. The molecule has 0 aromatic heterocycles. The summed E-state index contributed by atoms with van der Waals surface area (Å²) in [4.78, 5) is 2.43. The molecule has 1 aliphatic heterocycles. The molecule has 1 unspecified atom stereocenters. The number of benzene rings is 1. The highest BCUT2D eigenvalue weighted by molar-refractivity contribution is 9.13. The molecule has 1 aromatic carbocycles. The summed E-state index contributed by atoms with van der Waals surface area (Å²) in [7, 11) is 0. The van der Waals surface area contributed by atoms with E-state index < -0.39 is 0 Å². The Morgan fingerprint density at radius 1 is 1.29 bits per heavy atom. The topological polar surface area (TPSA) is 29.3 Å². The van der Waals surface area contributed by atoms with E-state index in [1.165, 1.54) is 24.9 Å². The zero-order valence-corrected chi connectivity index (χ0v) is 13.5. The molecule has 0 saturated carbocycles. The van der Waals surface area contributed by atoms with Crippen LogP contribution in [0.2, 0.25) is 0 Å². The second kappa shape index (κ2) is 7.10. The maximum atomic E-state index is 5.97. The number of nitrogens with zero attached hydrogens (tertiary/aromatic N) is 1. The Hall–Kier alpha value is 0.390. The summed E-state index contributed by atoms with van der Waals surface area (Å²) in [5, 5.41) is 0. The lowest BCUT2D eigenvalue weighted by Gasteiger charge is -2.30. The van der Waals surface area contributed by atoms with Crippen LogP contribution in [-0.2, 0) is 6.54 Å². The van der Waals surface area contributed by atoms with Gasteiger partial charge in [-0.25, -0.2) is 0 Å². The summed E-state index contributed by atoms with van der Waals surface area (Å²) < 4.78 is 2.22. The third-order valence-electron chi connectivity index (χ3n) is 2.93. The SMILES string of the molecule is Cl.NC1CCCN(Cc2ccc(Br)c(Br)c2)C1. The molecule has 1 saturated heterocycles. The number of likely N-dealkylation sites (tertiary alicyclic amines) is 1. The van der Waals surface area contributed by atoms with Crippen LogP contribution in [0.4, 0.5) is 0 Å². The fourth-order valence-electron chi connectivity index (χ4n) is 2.13. The summed E-state index contributed by atoms with van der Waals surface area (Å²) in [6, 6.07) is 6.77.